The number of halogens is 3. The standard InChI is InChI=1S/C10H21F3N2/c1-9(2,3)8(14)5-6-15(4)7-10(11,12)13/h8H,5-7,14H2,1-4H3. The fraction of sp³-hybridized carbons (Fsp3) is 1.00. The van der Waals surface area contributed by atoms with Crippen molar-refractivity contribution in [2.45, 2.75) is 39.4 Å². The lowest BCUT2D eigenvalue weighted by Crippen LogP contribution is -2.39. The van der Waals surface area contributed by atoms with Crippen molar-refractivity contribution >= 4 is 0 Å². The zero-order valence-corrected chi connectivity index (χ0v) is 9.86. The average molecular weight is 226 g/mol. The predicted molar refractivity (Wildman–Crippen MR) is 55.6 cm³/mol. The number of nitrogens with two attached hydrogens (primary N) is 1. The number of nitrogens with zero attached hydrogens (tertiary/aromatic N) is 1. The van der Waals surface area contributed by atoms with Crippen LogP contribution in [0, 0.1) is 5.41 Å². The molecule has 1 unspecified atom stereocenters. The van der Waals surface area contributed by atoms with E-state index in [1.165, 1.54) is 11.9 Å². The quantitative estimate of drug-likeness (QED) is 0.796. The van der Waals surface area contributed by atoms with Crippen LogP contribution >= 0.6 is 0 Å². The number of hydrogen-bond donors (Lipinski definition) is 1. The Morgan fingerprint density at radius 1 is 1.20 bits per heavy atom. The zero-order valence-electron chi connectivity index (χ0n) is 9.86. The molecule has 0 aromatic heterocycles. The SMILES string of the molecule is CN(CCC(N)C(C)(C)C)CC(F)(F)F. The molecule has 15 heavy (non-hydrogen) atoms. The molecule has 0 saturated heterocycles. The molecule has 0 radical (unpaired) electrons. The van der Waals surface area contributed by atoms with Crippen molar-refractivity contribution in [1.29, 1.82) is 0 Å². The van der Waals surface area contributed by atoms with Crippen LogP contribution in [0.15, 0.2) is 0 Å². The maximum atomic E-state index is 12.0. The van der Waals surface area contributed by atoms with Crippen molar-refractivity contribution in [3.63, 3.8) is 0 Å². The van der Waals surface area contributed by atoms with E-state index >= 15 is 0 Å². The molecular formula is C10H21F3N2. The maximum Gasteiger partial charge on any atom is 0.401 e. The van der Waals surface area contributed by atoms with E-state index in [4.69, 9.17) is 5.73 Å². The van der Waals surface area contributed by atoms with Gasteiger partial charge in [-0.2, -0.15) is 13.2 Å². The first-order valence-electron chi connectivity index (χ1n) is 5.03. The van der Waals surface area contributed by atoms with Gasteiger partial charge in [-0.25, -0.2) is 0 Å². The van der Waals surface area contributed by atoms with Gasteiger partial charge in [0.15, 0.2) is 0 Å². The van der Waals surface area contributed by atoms with Crippen LogP contribution in [0.5, 0.6) is 0 Å². The van der Waals surface area contributed by atoms with Crippen molar-refractivity contribution in [2.24, 2.45) is 11.1 Å². The summed E-state index contributed by atoms with van der Waals surface area (Å²) in [6, 6.07) is -0.0758. The highest BCUT2D eigenvalue weighted by atomic mass is 19.4. The predicted octanol–water partition coefficient (Wildman–Crippen LogP) is 2.24. The van der Waals surface area contributed by atoms with Crippen LogP contribution < -0.4 is 5.73 Å². The first-order valence-corrected chi connectivity index (χ1v) is 5.03. The summed E-state index contributed by atoms with van der Waals surface area (Å²) in [4.78, 5) is 1.26. The number of alkyl halides is 3. The van der Waals surface area contributed by atoms with Crippen LogP contribution in [0.1, 0.15) is 27.2 Å². The summed E-state index contributed by atoms with van der Waals surface area (Å²) >= 11 is 0. The largest absolute Gasteiger partial charge is 0.401 e. The first kappa shape index (κ1) is 14.7. The van der Waals surface area contributed by atoms with Crippen molar-refractivity contribution in [3.05, 3.63) is 0 Å². The second kappa shape index (κ2) is 5.16. The summed E-state index contributed by atoms with van der Waals surface area (Å²) in [7, 11) is 1.46. The molecular weight excluding hydrogens is 205 g/mol. The Labute approximate surface area is 89.6 Å². The van der Waals surface area contributed by atoms with Gasteiger partial charge in [-0.05, 0) is 25.4 Å². The van der Waals surface area contributed by atoms with E-state index in [-0.39, 0.29) is 11.5 Å². The van der Waals surface area contributed by atoms with Gasteiger partial charge in [-0.3, -0.25) is 4.90 Å². The van der Waals surface area contributed by atoms with Crippen molar-refractivity contribution in [1.82, 2.24) is 4.90 Å². The van der Waals surface area contributed by atoms with Crippen LogP contribution in [0.4, 0.5) is 13.2 Å². The van der Waals surface area contributed by atoms with Gasteiger partial charge in [0.1, 0.15) is 0 Å². The van der Waals surface area contributed by atoms with Crippen molar-refractivity contribution in [3.8, 4) is 0 Å². The Hall–Kier alpha value is -0.290. The van der Waals surface area contributed by atoms with Gasteiger partial charge in [0.05, 0.1) is 6.54 Å². The molecule has 0 heterocycles. The van der Waals surface area contributed by atoms with E-state index in [1.54, 1.807) is 0 Å². The van der Waals surface area contributed by atoms with E-state index in [0.29, 0.717) is 13.0 Å². The summed E-state index contributed by atoms with van der Waals surface area (Å²) < 4.78 is 36.0. The summed E-state index contributed by atoms with van der Waals surface area (Å²) in [5.74, 6) is 0. The van der Waals surface area contributed by atoms with Gasteiger partial charge < -0.3 is 5.73 Å². The van der Waals surface area contributed by atoms with E-state index < -0.39 is 12.7 Å². The van der Waals surface area contributed by atoms with E-state index in [0.717, 1.165) is 0 Å². The average Bonchev–Trinajstić information content (AvgIpc) is 1.94. The van der Waals surface area contributed by atoms with Crippen LogP contribution in [0.3, 0.4) is 0 Å². The lowest BCUT2D eigenvalue weighted by atomic mass is 9.85. The van der Waals surface area contributed by atoms with E-state index in [2.05, 4.69) is 0 Å². The maximum absolute atomic E-state index is 12.0. The molecule has 2 nitrogen and oxygen atoms in total. The minimum Gasteiger partial charge on any atom is -0.327 e. The van der Waals surface area contributed by atoms with Crippen LogP contribution in [-0.4, -0.2) is 37.3 Å². The molecule has 0 amide bonds. The van der Waals surface area contributed by atoms with Crippen LogP contribution in [0.25, 0.3) is 0 Å². The van der Waals surface area contributed by atoms with Crippen molar-refractivity contribution < 1.29 is 13.2 Å². The third-order valence-corrected chi connectivity index (χ3v) is 2.38. The fourth-order valence-electron chi connectivity index (χ4n) is 1.18. The molecule has 1 atom stereocenters. The molecule has 0 aromatic carbocycles. The number of hydrogen-bond acceptors (Lipinski definition) is 2. The molecule has 0 rings (SSSR count). The fourth-order valence-corrected chi connectivity index (χ4v) is 1.18. The van der Waals surface area contributed by atoms with Crippen molar-refractivity contribution in [2.75, 3.05) is 20.1 Å². The molecule has 92 valence electrons. The molecule has 0 aliphatic carbocycles. The molecule has 0 saturated carbocycles. The Balaban J connectivity index is 3.87. The summed E-state index contributed by atoms with van der Waals surface area (Å²) in [6.07, 6.45) is -3.54. The molecule has 0 aliphatic heterocycles. The van der Waals surface area contributed by atoms with Gasteiger partial charge >= 0.3 is 6.18 Å². The number of rotatable bonds is 4. The highest BCUT2D eigenvalue weighted by Crippen LogP contribution is 2.20. The third-order valence-electron chi connectivity index (χ3n) is 2.38. The molecule has 0 spiro atoms. The lowest BCUT2D eigenvalue weighted by molar-refractivity contribution is -0.143. The second-order valence-corrected chi connectivity index (χ2v) is 5.11. The molecule has 0 aliphatic rings. The van der Waals surface area contributed by atoms with Gasteiger partial charge in [-0.1, -0.05) is 20.8 Å². The highest BCUT2D eigenvalue weighted by molar-refractivity contribution is 4.77. The summed E-state index contributed by atoms with van der Waals surface area (Å²) in [6.45, 7) is 5.46. The lowest BCUT2D eigenvalue weighted by Gasteiger charge is -2.29. The van der Waals surface area contributed by atoms with E-state index in [9.17, 15) is 13.2 Å². The Morgan fingerprint density at radius 2 is 1.67 bits per heavy atom. The van der Waals surface area contributed by atoms with Gasteiger partial charge in [0.25, 0.3) is 0 Å². The topological polar surface area (TPSA) is 29.3 Å². The Bertz CT molecular complexity index is 184. The van der Waals surface area contributed by atoms with Gasteiger partial charge in [0.2, 0.25) is 0 Å². The summed E-state index contributed by atoms with van der Waals surface area (Å²) in [5.41, 5.74) is 5.80. The third kappa shape index (κ3) is 7.62. The zero-order chi connectivity index (χ0) is 12.3. The molecule has 0 bridgehead atoms. The van der Waals surface area contributed by atoms with Crippen LogP contribution in [-0.2, 0) is 0 Å². The van der Waals surface area contributed by atoms with E-state index in [1.807, 2.05) is 20.8 Å². The summed E-state index contributed by atoms with van der Waals surface area (Å²) in [5, 5.41) is 0. The minimum absolute atomic E-state index is 0.0565. The minimum atomic E-state index is -4.12. The Kier molecular flexibility index (Phi) is 5.06. The van der Waals surface area contributed by atoms with Gasteiger partial charge in [0, 0.05) is 6.04 Å². The Morgan fingerprint density at radius 3 is 2.00 bits per heavy atom. The highest BCUT2D eigenvalue weighted by Gasteiger charge is 2.29. The normalized spacial score (nSPS) is 15.8. The second-order valence-electron chi connectivity index (χ2n) is 5.11. The molecule has 2 N–H and O–H groups in total. The molecule has 5 heteroatoms. The molecule has 0 fully saturated rings. The first-order chi connectivity index (χ1) is 6.52. The monoisotopic (exact) mass is 226 g/mol. The van der Waals surface area contributed by atoms with Gasteiger partial charge in [-0.15, -0.1) is 0 Å². The molecule has 0 aromatic rings. The van der Waals surface area contributed by atoms with Crippen LogP contribution in [0.2, 0.25) is 0 Å². The smallest absolute Gasteiger partial charge is 0.327 e.